The number of piperazine rings is 1. The zero-order valence-corrected chi connectivity index (χ0v) is 12.8. The summed E-state index contributed by atoms with van der Waals surface area (Å²) in [5, 5.41) is 2.92. The molecule has 1 aliphatic rings. The largest absolute Gasteiger partial charge is 0.345 e. The molecule has 7 nitrogen and oxygen atoms in total. The lowest BCUT2D eigenvalue weighted by atomic mass is 10.3. The van der Waals surface area contributed by atoms with Crippen molar-refractivity contribution in [3.05, 3.63) is 11.6 Å². The van der Waals surface area contributed by atoms with E-state index in [9.17, 15) is 9.59 Å². The van der Waals surface area contributed by atoms with Crippen molar-refractivity contribution in [2.24, 2.45) is 0 Å². The van der Waals surface area contributed by atoms with Gasteiger partial charge in [-0.2, -0.15) is 0 Å². The zero-order chi connectivity index (χ0) is 14.7. The molecule has 1 aliphatic heterocycles. The molecule has 2 rings (SSSR count). The average Bonchev–Trinajstić information content (AvgIpc) is 2.99. The van der Waals surface area contributed by atoms with Gasteiger partial charge in [0.2, 0.25) is 0 Å². The Hall–Kier alpha value is -1.83. The van der Waals surface area contributed by atoms with Gasteiger partial charge in [0.1, 0.15) is 0 Å². The van der Waals surface area contributed by atoms with Crippen LogP contribution in [0.1, 0.15) is 0 Å². The topological polar surface area (TPSA) is 60.0 Å². The fourth-order valence-corrected chi connectivity index (χ4v) is 2.75. The van der Waals surface area contributed by atoms with E-state index in [1.165, 1.54) is 11.9 Å². The second-order valence-electron chi connectivity index (χ2n) is 4.81. The minimum absolute atomic E-state index is 0.248. The highest BCUT2D eigenvalue weighted by molar-refractivity contribution is 7.13. The van der Waals surface area contributed by atoms with Gasteiger partial charge >= 0.3 is 12.1 Å². The van der Waals surface area contributed by atoms with Crippen molar-refractivity contribution in [3.8, 4) is 0 Å². The average molecular weight is 297 g/mol. The highest BCUT2D eigenvalue weighted by Gasteiger charge is 2.27. The molecule has 2 heterocycles. The summed E-state index contributed by atoms with van der Waals surface area (Å²) in [6.45, 7) is 2.68. The lowest BCUT2D eigenvalue weighted by Crippen LogP contribution is -2.54. The van der Waals surface area contributed by atoms with E-state index in [4.69, 9.17) is 0 Å². The number of hydrogen-bond donors (Lipinski definition) is 0. The van der Waals surface area contributed by atoms with Gasteiger partial charge in [-0.1, -0.05) is 0 Å². The van der Waals surface area contributed by atoms with Gasteiger partial charge in [0, 0.05) is 58.9 Å². The van der Waals surface area contributed by atoms with Crippen molar-refractivity contribution >= 4 is 28.5 Å². The SMILES string of the molecule is CN(C)C(=O)N(C)C(=O)N1CCN(c2nccs2)CC1. The number of imide groups is 1. The Labute approximate surface area is 122 Å². The Bertz CT molecular complexity index is 468. The van der Waals surface area contributed by atoms with Gasteiger partial charge in [0.15, 0.2) is 5.13 Å². The molecule has 0 radical (unpaired) electrons. The third-order valence-corrected chi connectivity index (χ3v) is 4.03. The van der Waals surface area contributed by atoms with Gasteiger partial charge in [-0.15, -0.1) is 11.3 Å². The van der Waals surface area contributed by atoms with Crippen molar-refractivity contribution < 1.29 is 9.59 Å². The summed E-state index contributed by atoms with van der Waals surface area (Å²) in [7, 11) is 4.77. The number of carbonyl (C=O) groups is 2. The highest BCUT2D eigenvalue weighted by atomic mass is 32.1. The molecule has 0 spiro atoms. The summed E-state index contributed by atoms with van der Waals surface area (Å²) in [5.74, 6) is 0. The summed E-state index contributed by atoms with van der Waals surface area (Å²) in [4.78, 5) is 34.6. The maximum absolute atomic E-state index is 12.2. The molecule has 8 heteroatoms. The van der Waals surface area contributed by atoms with Gasteiger partial charge in [-0.3, -0.25) is 0 Å². The van der Waals surface area contributed by atoms with Crippen LogP contribution >= 0.6 is 11.3 Å². The minimum atomic E-state index is -0.308. The standard InChI is InChI=1S/C12H19N5O2S/c1-14(2)11(18)15(3)12(19)17-7-5-16(6-8-17)10-13-4-9-20-10/h4,9H,5-8H2,1-3H3. The first-order chi connectivity index (χ1) is 9.50. The smallest absolute Gasteiger partial charge is 0.328 e. The zero-order valence-electron chi connectivity index (χ0n) is 11.9. The summed E-state index contributed by atoms with van der Waals surface area (Å²) < 4.78 is 0. The molecule has 110 valence electrons. The molecule has 0 aliphatic carbocycles. The number of carbonyl (C=O) groups excluding carboxylic acids is 2. The van der Waals surface area contributed by atoms with Crippen LogP contribution in [0.3, 0.4) is 0 Å². The van der Waals surface area contributed by atoms with Gasteiger partial charge < -0.3 is 14.7 Å². The first-order valence-corrected chi connectivity index (χ1v) is 7.27. The highest BCUT2D eigenvalue weighted by Crippen LogP contribution is 2.19. The van der Waals surface area contributed by atoms with Crippen LogP contribution in [0, 0.1) is 0 Å². The lowest BCUT2D eigenvalue weighted by molar-refractivity contribution is 0.149. The summed E-state index contributed by atoms with van der Waals surface area (Å²) in [5.41, 5.74) is 0. The molecule has 0 N–H and O–H groups in total. The molecule has 4 amide bonds. The number of aromatic nitrogens is 1. The molecule has 1 saturated heterocycles. The second kappa shape index (κ2) is 6.08. The second-order valence-corrected chi connectivity index (χ2v) is 5.68. The Morgan fingerprint density at radius 1 is 1.20 bits per heavy atom. The molecular formula is C12H19N5O2S. The van der Waals surface area contributed by atoms with Gasteiger partial charge in [-0.25, -0.2) is 19.5 Å². The van der Waals surface area contributed by atoms with Gasteiger partial charge in [0.05, 0.1) is 0 Å². The Balaban J connectivity index is 1.90. The third-order valence-electron chi connectivity index (χ3n) is 3.20. The first-order valence-electron chi connectivity index (χ1n) is 6.39. The van der Waals surface area contributed by atoms with Crippen molar-refractivity contribution in [2.45, 2.75) is 0 Å². The van der Waals surface area contributed by atoms with Crippen LogP contribution in [0.25, 0.3) is 0 Å². The molecule has 20 heavy (non-hydrogen) atoms. The quantitative estimate of drug-likeness (QED) is 0.776. The van der Waals surface area contributed by atoms with E-state index in [-0.39, 0.29) is 12.1 Å². The number of urea groups is 2. The van der Waals surface area contributed by atoms with E-state index in [1.54, 1.807) is 36.5 Å². The number of nitrogens with zero attached hydrogens (tertiary/aromatic N) is 5. The molecule has 0 bridgehead atoms. The minimum Gasteiger partial charge on any atom is -0.345 e. The number of anilines is 1. The van der Waals surface area contributed by atoms with Crippen LogP contribution in [0.5, 0.6) is 0 Å². The van der Waals surface area contributed by atoms with E-state index < -0.39 is 0 Å². The summed E-state index contributed by atoms with van der Waals surface area (Å²) in [6, 6.07) is -0.556. The molecule has 0 aromatic carbocycles. The monoisotopic (exact) mass is 297 g/mol. The lowest BCUT2D eigenvalue weighted by Gasteiger charge is -2.36. The van der Waals surface area contributed by atoms with Crippen molar-refractivity contribution in [1.29, 1.82) is 0 Å². The fourth-order valence-electron chi connectivity index (χ4n) is 2.06. The van der Waals surface area contributed by atoms with E-state index in [1.807, 2.05) is 5.38 Å². The van der Waals surface area contributed by atoms with Crippen LogP contribution in [-0.2, 0) is 0 Å². The van der Waals surface area contributed by atoms with Crippen molar-refractivity contribution in [1.82, 2.24) is 19.7 Å². The number of thiazole rings is 1. The summed E-state index contributed by atoms with van der Waals surface area (Å²) in [6.07, 6.45) is 1.78. The molecule has 1 fully saturated rings. The first kappa shape index (κ1) is 14.6. The van der Waals surface area contributed by atoms with Crippen LogP contribution in [0.2, 0.25) is 0 Å². The van der Waals surface area contributed by atoms with E-state index >= 15 is 0 Å². The van der Waals surface area contributed by atoms with Crippen LogP contribution in [0.15, 0.2) is 11.6 Å². The fraction of sp³-hybridized carbons (Fsp3) is 0.583. The Morgan fingerprint density at radius 2 is 1.85 bits per heavy atom. The van der Waals surface area contributed by atoms with Crippen LogP contribution in [-0.4, -0.2) is 79.1 Å². The molecular weight excluding hydrogens is 278 g/mol. The normalized spacial score (nSPS) is 15.2. The number of hydrogen-bond acceptors (Lipinski definition) is 5. The molecule has 0 atom stereocenters. The van der Waals surface area contributed by atoms with Crippen molar-refractivity contribution in [2.75, 3.05) is 52.2 Å². The van der Waals surface area contributed by atoms with Crippen LogP contribution < -0.4 is 4.90 Å². The van der Waals surface area contributed by atoms with Gasteiger partial charge in [-0.05, 0) is 0 Å². The molecule has 1 aromatic rings. The van der Waals surface area contributed by atoms with E-state index in [0.29, 0.717) is 13.1 Å². The number of rotatable bonds is 1. The van der Waals surface area contributed by atoms with Crippen LogP contribution in [0.4, 0.5) is 14.7 Å². The maximum Gasteiger partial charge on any atom is 0.328 e. The van der Waals surface area contributed by atoms with E-state index in [2.05, 4.69) is 9.88 Å². The van der Waals surface area contributed by atoms with Gasteiger partial charge in [0.25, 0.3) is 0 Å². The predicted octanol–water partition coefficient (Wildman–Crippen LogP) is 0.998. The Kier molecular flexibility index (Phi) is 4.43. The Morgan fingerprint density at radius 3 is 2.35 bits per heavy atom. The predicted molar refractivity (Wildman–Crippen MR) is 78.1 cm³/mol. The molecule has 1 aromatic heterocycles. The molecule has 0 saturated carbocycles. The third kappa shape index (κ3) is 3.01. The maximum atomic E-state index is 12.2. The van der Waals surface area contributed by atoms with Crippen molar-refractivity contribution in [3.63, 3.8) is 0 Å². The molecule has 0 unspecified atom stereocenters. The van der Waals surface area contributed by atoms with E-state index in [0.717, 1.165) is 23.1 Å². The number of amides is 4. The summed E-state index contributed by atoms with van der Waals surface area (Å²) >= 11 is 1.59.